The minimum Gasteiger partial charge on any atom is -0.462 e. The number of carbonyl (C=O) groups excluding carboxylic acids is 1. The van der Waals surface area contributed by atoms with Gasteiger partial charge in [-0.3, -0.25) is 4.79 Å². The number of carbonyl (C=O) groups is 1. The highest BCUT2D eigenvalue weighted by Gasteiger charge is 2.62. The Hall–Kier alpha value is -0.530. The summed E-state index contributed by atoms with van der Waals surface area (Å²) in [6, 6.07) is 0. The van der Waals surface area contributed by atoms with Crippen LogP contribution in [-0.2, 0) is 9.53 Å². The fraction of sp³-hybridized carbons (Fsp3) is 0.929. The quantitative estimate of drug-likeness (QED) is 0.637. The lowest BCUT2D eigenvalue weighted by atomic mass is 9.51. The van der Waals surface area contributed by atoms with E-state index >= 15 is 0 Å². The summed E-state index contributed by atoms with van der Waals surface area (Å²) in [4.78, 5) is 11.3. The molecular weight excluding hydrogens is 200 g/mol. The molecular formula is C14H22O2. The molecule has 2 nitrogen and oxygen atoms in total. The molecule has 2 saturated carbocycles. The summed E-state index contributed by atoms with van der Waals surface area (Å²) < 4.78 is 5.53. The first-order valence-electron chi connectivity index (χ1n) is 6.63. The summed E-state index contributed by atoms with van der Waals surface area (Å²) in [7, 11) is 0. The van der Waals surface area contributed by atoms with E-state index in [1.54, 1.807) is 0 Å². The summed E-state index contributed by atoms with van der Waals surface area (Å²) in [5.74, 6) is 1.70. The summed E-state index contributed by atoms with van der Waals surface area (Å²) in [5.41, 5.74) is 0.817. The van der Waals surface area contributed by atoms with Gasteiger partial charge < -0.3 is 4.74 Å². The zero-order valence-electron chi connectivity index (χ0n) is 10.6. The number of hydrogen-bond donors (Lipinski definition) is 0. The maximum Gasteiger partial charge on any atom is 0.306 e. The Kier molecular flexibility index (Phi) is 2.01. The van der Waals surface area contributed by atoms with Gasteiger partial charge >= 0.3 is 5.97 Å². The normalized spacial score (nSPS) is 49.7. The van der Waals surface area contributed by atoms with E-state index in [0.717, 1.165) is 18.3 Å². The molecule has 1 saturated heterocycles. The summed E-state index contributed by atoms with van der Waals surface area (Å²) in [5, 5.41) is 0. The average molecular weight is 222 g/mol. The van der Waals surface area contributed by atoms with Crippen LogP contribution in [0.2, 0.25) is 0 Å². The molecule has 0 amide bonds. The van der Waals surface area contributed by atoms with E-state index in [1.165, 1.54) is 19.3 Å². The Bertz CT molecular complexity index is 334. The van der Waals surface area contributed by atoms with Crippen molar-refractivity contribution in [3.05, 3.63) is 0 Å². The van der Waals surface area contributed by atoms with Gasteiger partial charge in [0, 0.05) is 11.8 Å². The molecule has 3 rings (SSSR count). The summed E-state index contributed by atoms with van der Waals surface area (Å²) in [6.07, 6.45) is 5.72. The maximum absolute atomic E-state index is 11.3. The first kappa shape index (κ1) is 10.6. The molecule has 4 atom stereocenters. The van der Waals surface area contributed by atoms with Gasteiger partial charge in [0.1, 0.15) is 6.10 Å². The highest BCUT2D eigenvalue weighted by atomic mass is 16.5. The van der Waals surface area contributed by atoms with E-state index in [2.05, 4.69) is 20.8 Å². The number of esters is 1. The number of ether oxygens (including phenoxy) is 1. The second kappa shape index (κ2) is 3.02. The minimum atomic E-state index is 0.0215. The van der Waals surface area contributed by atoms with Gasteiger partial charge in [0.2, 0.25) is 0 Å². The van der Waals surface area contributed by atoms with Crippen LogP contribution in [0.25, 0.3) is 0 Å². The van der Waals surface area contributed by atoms with E-state index < -0.39 is 0 Å². The highest BCUT2D eigenvalue weighted by Crippen LogP contribution is 2.67. The fourth-order valence-corrected chi connectivity index (χ4v) is 4.57. The van der Waals surface area contributed by atoms with Crippen LogP contribution >= 0.6 is 0 Å². The number of rotatable bonds is 1. The zero-order chi connectivity index (χ0) is 11.6. The smallest absolute Gasteiger partial charge is 0.306 e. The Balaban J connectivity index is 1.78. The Morgan fingerprint density at radius 1 is 1.19 bits per heavy atom. The molecule has 0 spiro atoms. The van der Waals surface area contributed by atoms with Crippen molar-refractivity contribution in [3.8, 4) is 0 Å². The molecule has 0 aromatic rings. The van der Waals surface area contributed by atoms with E-state index in [1.807, 2.05) is 0 Å². The topological polar surface area (TPSA) is 26.3 Å². The van der Waals surface area contributed by atoms with Gasteiger partial charge in [-0.15, -0.1) is 0 Å². The van der Waals surface area contributed by atoms with Crippen LogP contribution in [0.3, 0.4) is 0 Å². The van der Waals surface area contributed by atoms with Crippen molar-refractivity contribution in [2.24, 2.45) is 22.7 Å². The second-order valence-electron chi connectivity index (χ2n) is 6.97. The third-order valence-corrected chi connectivity index (χ3v) is 5.70. The minimum absolute atomic E-state index is 0.0215. The highest BCUT2D eigenvalue weighted by molar-refractivity contribution is 5.71. The molecule has 90 valence electrons. The summed E-state index contributed by atoms with van der Waals surface area (Å²) in [6.45, 7) is 7.14. The van der Waals surface area contributed by atoms with E-state index in [9.17, 15) is 4.79 Å². The molecule has 3 fully saturated rings. The van der Waals surface area contributed by atoms with Crippen molar-refractivity contribution in [3.63, 3.8) is 0 Å². The molecule has 0 aromatic heterocycles. The van der Waals surface area contributed by atoms with Crippen LogP contribution in [0, 0.1) is 22.7 Å². The molecule has 16 heavy (non-hydrogen) atoms. The van der Waals surface area contributed by atoms with Gasteiger partial charge in [0.15, 0.2) is 0 Å². The molecule has 1 heterocycles. The fourth-order valence-electron chi connectivity index (χ4n) is 4.57. The number of fused-ring (bicyclic) bond motifs is 1. The van der Waals surface area contributed by atoms with Crippen LogP contribution in [0.4, 0.5) is 0 Å². The van der Waals surface area contributed by atoms with E-state index in [0.29, 0.717) is 11.8 Å². The zero-order valence-corrected chi connectivity index (χ0v) is 10.6. The Morgan fingerprint density at radius 2 is 1.94 bits per heavy atom. The van der Waals surface area contributed by atoms with Gasteiger partial charge in [0.05, 0.1) is 0 Å². The van der Waals surface area contributed by atoms with E-state index in [-0.39, 0.29) is 17.5 Å². The number of cyclic esters (lactones) is 1. The molecule has 0 N–H and O–H groups in total. The monoisotopic (exact) mass is 222 g/mol. The van der Waals surface area contributed by atoms with Gasteiger partial charge in [0.25, 0.3) is 0 Å². The van der Waals surface area contributed by atoms with Crippen molar-refractivity contribution >= 4 is 5.97 Å². The number of hydrogen-bond acceptors (Lipinski definition) is 2. The Morgan fingerprint density at radius 3 is 2.44 bits per heavy atom. The predicted octanol–water partition coefficient (Wildman–Crippen LogP) is 3.15. The largest absolute Gasteiger partial charge is 0.462 e. The van der Waals surface area contributed by atoms with Crippen LogP contribution < -0.4 is 0 Å². The molecule has 0 bridgehead atoms. The van der Waals surface area contributed by atoms with Gasteiger partial charge in [-0.2, -0.15) is 0 Å². The molecule has 2 heteroatoms. The Labute approximate surface area is 97.7 Å². The standard InChI is InChI=1S/C14H22O2/c1-13(2)8-10-9(13)6-7-14(10,3)11-4-5-12(15)16-11/h9-11H,4-8H2,1-3H3. The van der Waals surface area contributed by atoms with Crippen molar-refractivity contribution < 1.29 is 9.53 Å². The third kappa shape index (κ3) is 1.22. The van der Waals surface area contributed by atoms with Crippen LogP contribution in [-0.4, -0.2) is 12.1 Å². The van der Waals surface area contributed by atoms with Crippen molar-refractivity contribution in [1.29, 1.82) is 0 Å². The molecule has 0 aromatic carbocycles. The summed E-state index contributed by atoms with van der Waals surface area (Å²) >= 11 is 0. The first-order chi connectivity index (χ1) is 7.43. The van der Waals surface area contributed by atoms with E-state index in [4.69, 9.17) is 4.74 Å². The van der Waals surface area contributed by atoms with Crippen molar-refractivity contribution in [2.75, 3.05) is 0 Å². The molecule has 0 radical (unpaired) electrons. The second-order valence-corrected chi connectivity index (χ2v) is 6.97. The lowest BCUT2D eigenvalue weighted by Gasteiger charge is -2.54. The van der Waals surface area contributed by atoms with Gasteiger partial charge in [-0.1, -0.05) is 20.8 Å². The van der Waals surface area contributed by atoms with Gasteiger partial charge in [-0.25, -0.2) is 0 Å². The van der Waals surface area contributed by atoms with Crippen molar-refractivity contribution in [2.45, 2.75) is 59.0 Å². The molecule has 4 unspecified atom stereocenters. The molecule has 3 aliphatic rings. The molecule has 2 aliphatic carbocycles. The van der Waals surface area contributed by atoms with Crippen LogP contribution in [0.1, 0.15) is 52.9 Å². The SMILES string of the molecule is CC1(C)CC2C1CCC2(C)C1CCC(=O)O1. The lowest BCUT2D eigenvalue weighted by Crippen LogP contribution is -2.49. The average Bonchev–Trinajstić information content (AvgIpc) is 2.71. The third-order valence-electron chi connectivity index (χ3n) is 5.70. The van der Waals surface area contributed by atoms with Crippen LogP contribution in [0.5, 0.6) is 0 Å². The molecule has 1 aliphatic heterocycles. The first-order valence-corrected chi connectivity index (χ1v) is 6.63. The predicted molar refractivity (Wildman–Crippen MR) is 61.8 cm³/mol. The van der Waals surface area contributed by atoms with Crippen molar-refractivity contribution in [1.82, 2.24) is 0 Å². The van der Waals surface area contributed by atoms with Gasteiger partial charge in [-0.05, 0) is 42.9 Å². The van der Waals surface area contributed by atoms with Crippen LogP contribution in [0.15, 0.2) is 0 Å². The maximum atomic E-state index is 11.3. The lowest BCUT2D eigenvalue weighted by molar-refractivity contribution is -0.151.